The summed E-state index contributed by atoms with van der Waals surface area (Å²) in [5.74, 6) is 0.110. The van der Waals surface area contributed by atoms with E-state index in [9.17, 15) is 9.59 Å². The van der Waals surface area contributed by atoms with E-state index >= 15 is 0 Å². The number of para-hydroxylation sites is 1. The van der Waals surface area contributed by atoms with E-state index in [0.717, 1.165) is 28.1 Å². The first-order chi connectivity index (χ1) is 15.9. The van der Waals surface area contributed by atoms with Crippen LogP contribution in [0.5, 0.6) is 5.75 Å². The van der Waals surface area contributed by atoms with Gasteiger partial charge in [0, 0.05) is 0 Å². The fraction of sp³-hybridized carbons (Fsp3) is 0.259. The Morgan fingerprint density at radius 2 is 1.58 bits per heavy atom. The zero-order valence-corrected chi connectivity index (χ0v) is 19.1. The number of hydroxylamine groups is 1. The Kier molecular flexibility index (Phi) is 4.98. The highest BCUT2D eigenvalue weighted by Crippen LogP contribution is 2.55. The maximum atomic E-state index is 14.0. The second kappa shape index (κ2) is 7.74. The van der Waals surface area contributed by atoms with Crippen LogP contribution in [0.4, 0.5) is 11.4 Å². The summed E-state index contributed by atoms with van der Waals surface area (Å²) in [6, 6.07) is 22.3. The van der Waals surface area contributed by atoms with Crippen molar-refractivity contribution in [1.29, 1.82) is 0 Å². The SMILES string of the molecule is COc1ccc(C2N(c3ccccc3)OC3C(=O)N(c4ccc(C)c(C)c4)C(=O)C32C)cc1. The van der Waals surface area contributed by atoms with E-state index in [1.807, 2.05) is 93.6 Å². The zero-order valence-electron chi connectivity index (χ0n) is 19.1. The number of methoxy groups -OCH3 is 1. The molecule has 3 aromatic carbocycles. The zero-order chi connectivity index (χ0) is 23.3. The first-order valence-electron chi connectivity index (χ1n) is 11.0. The Balaban J connectivity index is 1.63. The summed E-state index contributed by atoms with van der Waals surface area (Å²) in [4.78, 5) is 35.1. The molecule has 0 N–H and O–H groups in total. The summed E-state index contributed by atoms with van der Waals surface area (Å²) in [6.07, 6.45) is -0.932. The molecule has 3 atom stereocenters. The van der Waals surface area contributed by atoms with E-state index in [0.29, 0.717) is 5.69 Å². The van der Waals surface area contributed by atoms with Gasteiger partial charge in [-0.15, -0.1) is 0 Å². The van der Waals surface area contributed by atoms with Crippen molar-refractivity contribution in [2.45, 2.75) is 32.9 Å². The van der Waals surface area contributed by atoms with Crippen LogP contribution in [-0.2, 0) is 14.4 Å². The monoisotopic (exact) mass is 442 g/mol. The maximum absolute atomic E-state index is 14.0. The van der Waals surface area contributed by atoms with E-state index in [2.05, 4.69) is 0 Å². The molecule has 3 unspecified atom stereocenters. The maximum Gasteiger partial charge on any atom is 0.266 e. The van der Waals surface area contributed by atoms with Crippen LogP contribution in [0, 0.1) is 19.3 Å². The summed E-state index contributed by atoms with van der Waals surface area (Å²) in [7, 11) is 1.61. The molecule has 3 aromatic rings. The Labute approximate surface area is 193 Å². The number of imide groups is 1. The number of carbonyl (C=O) groups is 2. The minimum atomic E-state index is -1.11. The predicted octanol–water partition coefficient (Wildman–Crippen LogP) is 4.75. The number of fused-ring (bicyclic) bond motifs is 1. The van der Waals surface area contributed by atoms with Crippen LogP contribution in [0.1, 0.15) is 29.7 Å². The summed E-state index contributed by atoms with van der Waals surface area (Å²) >= 11 is 0. The van der Waals surface area contributed by atoms with Crippen molar-refractivity contribution < 1.29 is 19.2 Å². The topological polar surface area (TPSA) is 59.1 Å². The molecule has 2 amide bonds. The molecule has 2 heterocycles. The highest BCUT2D eigenvalue weighted by Gasteiger charge is 2.68. The second-order valence-electron chi connectivity index (χ2n) is 8.85. The smallest absolute Gasteiger partial charge is 0.266 e. The Morgan fingerprint density at radius 1 is 0.879 bits per heavy atom. The van der Waals surface area contributed by atoms with Gasteiger partial charge in [-0.3, -0.25) is 14.4 Å². The van der Waals surface area contributed by atoms with Gasteiger partial charge in [0.05, 0.1) is 24.5 Å². The number of anilines is 2. The third-order valence-corrected chi connectivity index (χ3v) is 6.87. The second-order valence-corrected chi connectivity index (χ2v) is 8.85. The van der Waals surface area contributed by atoms with Gasteiger partial charge in [0.25, 0.3) is 5.91 Å². The Morgan fingerprint density at radius 3 is 2.21 bits per heavy atom. The molecule has 168 valence electrons. The van der Waals surface area contributed by atoms with Gasteiger partial charge < -0.3 is 4.74 Å². The normalized spacial score (nSPS) is 24.4. The van der Waals surface area contributed by atoms with Gasteiger partial charge in [-0.2, -0.15) is 0 Å². The quantitative estimate of drug-likeness (QED) is 0.546. The van der Waals surface area contributed by atoms with Crippen molar-refractivity contribution in [3.8, 4) is 5.75 Å². The average Bonchev–Trinajstić information content (AvgIpc) is 3.24. The van der Waals surface area contributed by atoms with Gasteiger partial charge in [0.15, 0.2) is 6.10 Å². The number of hydrogen-bond donors (Lipinski definition) is 0. The lowest BCUT2D eigenvalue weighted by Gasteiger charge is -2.32. The lowest BCUT2D eigenvalue weighted by atomic mass is 9.76. The van der Waals surface area contributed by atoms with Crippen molar-refractivity contribution >= 4 is 23.2 Å². The Bertz CT molecular complexity index is 1220. The third kappa shape index (κ3) is 3.13. The molecule has 0 saturated carbocycles. The van der Waals surface area contributed by atoms with Crippen LogP contribution in [0.25, 0.3) is 0 Å². The molecule has 0 bridgehead atoms. The first kappa shape index (κ1) is 21.2. The summed E-state index contributed by atoms with van der Waals surface area (Å²) in [5.41, 5.74) is 3.24. The Hall–Kier alpha value is -3.64. The van der Waals surface area contributed by atoms with Crippen LogP contribution in [0.15, 0.2) is 72.8 Å². The molecule has 6 nitrogen and oxygen atoms in total. The van der Waals surface area contributed by atoms with Crippen LogP contribution in [-0.4, -0.2) is 25.0 Å². The number of benzene rings is 3. The summed E-state index contributed by atoms with van der Waals surface area (Å²) < 4.78 is 5.31. The van der Waals surface area contributed by atoms with Crippen molar-refractivity contribution in [2.24, 2.45) is 5.41 Å². The lowest BCUT2D eigenvalue weighted by molar-refractivity contribution is -0.128. The fourth-order valence-corrected chi connectivity index (χ4v) is 4.82. The van der Waals surface area contributed by atoms with Gasteiger partial charge in [0.2, 0.25) is 5.91 Å². The van der Waals surface area contributed by atoms with Gasteiger partial charge in [-0.1, -0.05) is 36.4 Å². The number of amides is 2. The van der Waals surface area contributed by atoms with Crippen molar-refractivity contribution in [2.75, 3.05) is 17.1 Å². The van der Waals surface area contributed by atoms with Crippen LogP contribution in [0.3, 0.4) is 0 Å². The molecular weight excluding hydrogens is 416 g/mol. The van der Waals surface area contributed by atoms with Gasteiger partial charge in [0.1, 0.15) is 11.2 Å². The predicted molar refractivity (Wildman–Crippen MR) is 126 cm³/mol. The first-order valence-corrected chi connectivity index (χ1v) is 11.0. The number of aryl methyl sites for hydroxylation is 2. The minimum Gasteiger partial charge on any atom is -0.497 e. The van der Waals surface area contributed by atoms with Crippen LogP contribution < -0.4 is 14.7 Å². The highest BCUT2D eigenvalue weighted by molar-refractivity contribution is 6.25. The number of carbonyl (C=O) groups excluding carboxylic acids is 2. The van der Waals surface area contributed by atoms with Gasteiger partial charge >= 0.3 is 0 Å². The molecule has 0 aliphatic carbocycles. The molecule has 2 aliphatic heterocycles. The van der Waals surface area contributed by atoms with Crippen LogP contribution in [0.2, 0.25) is 0 Å². The molecule has 5 rings (SSSR count). The van der Waals surface area contributed by atoms with Crippen molar-refractivity contribution in [3.05, 3.63) is 89.5 Å². The molecule has 0 aromatic heterocycles. The number of rotatable bonds is 4. The van der Waals surface area contributed by atoms with E-state index in [1.54, 1.807) is 12.2 Å². The molecular formula is C27H26N2O4. The lowest BCUT2D eigenvalue weighted by Crippen LogP contribution is -2.41. The standard InChI is InChI=1S/C27H26N2O4/c1-17-10-13-21(16-18(17)2)28-25(30)24-27(3,26(28)31)23(19-11-14-22(32-4)15-12-19)29(33-24)20-8-6-5-7-9-20/h5-16,23-24H,1-4H3. The molecule has 2 fully saturated rings. The van der Waals surface area contributed by atoms with E-state index in [-0.39, 0.29) is 11.8 Å². The number of ether oxygens (including phenoxy) is 1. The third-order valence-electron chi connectivity index (χ3n) is 6.87. The summed E-state index contributed by atoms with van der Waals surface area (Å²) in [6.45, 7) is 5.81. The van der Waals surface area contributed by atoms with Crippen molar-refractivity contribution in [3.63, 3.8) is 0 Å². The largest absolute Gasteiger partial charge is 0.497 e. The minimum absolute atomic E-state index is 0.264. The number of nitrogens with zero attached hydrogens (tertiary/aromatic N) is 2. The molecule has 0 radical (unpaired) electrons. The molecule has 33 heavy (non-hydrogen) atoms. The average molecular weight is 443 g/mol. The molecule has 2 saturated heterocycles. The molecule has 2 aliphatic rings. The van der Waals surface area contributed by atoms with Gasteiger partial charge in [-0.25, -0.2) is 9.96 Å². The fourth-order valence-electron chi connectivity index (χ4n) is 4.82. The highest BCUT2D eigenvalue weighted by atomic mass is 16.7. The van der Waals surface area contributed by atoms with Gasteiger partial charge in [-0.05, 0) is 73.9 Å². The van der Waals surface area contributed by atoms with Crippen molar-refractivity contribution in [1.82, 2.24) is 0 Å². The van der Waals surface area contributed by atoms with E-state index in [1.165, 1.54) is 4.90 Å². The van der Waals surface area contributed by atoms with E-state index < -0.39 is 17.6 Å². The van der Waals surface area contributed by atoms with Crippen LogP contribution >= 0.6 is 0 Å². The summed E-state index contributed by atoms with van der Waals surface area (Å²) in [5, 5.41) is 1.71. The molecule has 6 heteroatoms. The molecule has 0 spiro atoms. The number of hydrogen-bond acceptors (Lipinski definition) is 5. The van der Waals surface area contributed by atoms with E-state index in [4.69, 9.17) is 9.57 Å².